The molecule has 2 heteroatoms. The van der Waals surface area contributed by atoms with Gasteiger partial charge >= 0.3 is 0 Å². The number of hydrogen-bond donors (Lipinski definition) is 1. The molecule has 0 saturated carbocycles. The van der Waals surface area contributed by atoms with Crippen molar-refractivity contribution in [1.82, 2.24) is 0 Å². The predicted octanol–water partition coefficient (Wildman–Crippen LogP) is 3.06. The molecule has 1 aliphatic rings. The predicted molar refractivity (Wildman–Crippen MR) is 68.7 cm³/mol. The maximum Gasteiger partial charge on any atom is 0.0876 e. The van der Waals surface area contributed by atoms with Gasteiger partial charge in [-0.1, -0.05) is 30.3 Å². The molecular weight excluding hydrogens is 212 g/mol. The van der Waals surface area contributed by atoms with E-state index < -0.39 is 0 Å². The van der Waals surface area contributed by atoms with Crippen molar-refractivity contribution in [3.63, 3.8) is 0 Å². The molecule has 0 fully saturated rings. The van der Waals surface area contributed by atoms with Gasteiger partial charge in [0.1, 0.15) is 0 Å². The van der Waals surface area contributed by atoms with Crippen molar-refractivity contribution < 1.29 is 9.84 Å². The molecule has 1 unspecified atom stereocenters. The number of aryl methyl sites for hydroxylation is 1. The highest BCUT2D eigenvalue weighted by atomic mass is 16.5. The molecular formula is C15H20O2. The summed E-state index contributed by atoms with van der Waals surface area (Å²) >= 11 is 0. The van der Waals surface area contributed by atoms with Crippen molar-refractivity contribution >= 4 is 0 Å². The van der Waals surface area contributed by atoms with E-state index in [1.54, 1.807) is 6.26 Å². The van der Waals surface area contributed by atoms with Crippen molar-refractivity contribution in [1.29, 1.82) is 0 Å². The van der Waals surface area contributed by atoms with Crippen LogP contribution < -0.4 is 0 Å². The molecule has 2 rings (SSSR count). The van der Waals surface area contributed by atoms with Crippen LogP contribution in [0.1, 0.15) is 31.2 Å². The zero-order chi connectivity index (χ0) is 11.9. The van der Waals surface area contributed by atoms with E-state index in [9.17, 15) is 5.11 Å². The lowest BCUT2D eigenvalue weighted by Crippen LogP contribution is -2.14. The van der Waals surface area contributed by atoms with Crippen LogP contribution in [0.2, 0.25) is 0 Å². The number of ether oxygens (including phenoxy) is 1. The van der Waals surface area contributed by atoms with Crippen molar-refractivity contribution in [2.75, 3.05) is 6.61 Å². The minimum atomic E-state index is -0.320. The molecule has 17 heavy (non-hydrogen) atoms. The van der Waals surface area contributed by atoms with Crippen LogP contribution in [-0.4, -0.2) is 17.8 Å². The summed E-state index contributed by atoms with van der Waals surface area (Å²) < 4.78 is 5.25. The lowest BCUT2D eigenvalue weighted by atomic mass is 9.98. The molecule has 1 N–H and O–H groups in total. The average Bonchev–Trinajstić information content (AvgIpc) is 2.41. The summed E-state index contributed by atoms with van der Waals surface area (Å²) in [5, 5.41) is 10.0. The number of benzene rings is 1. The third-order valence-electron chi connectivity index (χ3n) is 3.18. The van der Waals surface area contributed by atoms with Gasteiger partial charge in [0.05, 0.1) is 19.0 Å². The molecule has 2 nitrogen and oxygen atoms in total. The highest BCUT2D eigenvalue weighted by Gasteiger charge is 2.13. The van der Waals surface area contributed by atoms with Gasteiger partial charge in [-0.05, 0) is 43.2 Å². The van der Waals surface area contributed by atoms with Crippen LogP contribution in [0.3, 0.4) is 0 Å². The van der Waals surface area contributed by atoms with E-state index in [2.05, 4.69) is 24.3 Å². The highest BCUT2D eigenvalue weighted by Crippen LogP contribution is 2.19. The highest BCUT2D eigenvalue weighted by molar-refractivity contribution is 5.15. The van der Waals surface area contributed by atoms with Crippen LogP contribution in [0, 0.1) is 0 Å². The van der Waals surface area contributed by atoms with Gasteiger partial charge < -0.3 is 9.84 Å². The van der Waals surface area contributed by atoms with Crippen molar-refractivity contribution in [2.45, 2.75) is 38.2 Å². The van der Waals surface area contributed by atoms with Crippen molar-refractivity contribution in [2.24, 2.45) is 0 Å². The molecule has 0 aliphatic carbocycles. The topological polar surface area (TPSA) is 29.5 Å². The van der Waals surface area contributed by atoms with Crippen LogP contribution in [0.5, 0.6) is 0 Å². The summed E-state index contributed by atoms with van der Waals surface area (Å²) in [6.45, 7) is 0.792. The Labute approximate surface area is 103 Å². The van der Waals surface area contributed by atoms with E-state index in [0.717, 1.165) is 44.3 Å². The van der Waals surface area contributed by atoms with Gasteiger partial charge in [-0.2, -0.15) is 0 Å². The first-order valence-electron chi connectivity index (χ1n) is 6.39. The molecule has 1 aliphatic heterocycles. The first kappa shape index (κ1) is 12.2. The normalized spacial score (nSPS) is 17.1. The number of hydrogen-bond acceptors (Lipinski definition) is 2. The summed E-state index contributed by atoms with van der Waals surface area (Å²) in [4.78, 5) is 0. The molecule has 1 aromatic carbocycles. The number of aliphatic hydroxyl groups is 1. The third kappa shape index (κ3) is 3.90. The van der Waals surface area contributed by atoms with Crippen molar-refractivity contribution in [3.8, 4) is 0 Å². The van der Waals surface area contributed by atoms with E-state index >= 15 is 0 Å². The monoisotopic (exact) mass is 232 g/mol. The Morgan fingerprint density at radius 2 is 2.06 bits per heavy atom. The molecule has 0 radical (unpaired) electrons. The average molecular weight is 232 g/mol. The van der Waals surface area contributed by atoms with Crippen LogP contribution in [0.25, 0.3) is 0 Å². The molecule has 1 atom stereocenters. The molecule has 1 heterocycles. The van der Waals surface area contributed by atoms with Gasteiger partial charge in [-0.15, -0.1) is 0 Å². The lowest BCUT2D eigenvalue weighted by Gasteiger charge is -2.18. The summed E-state index contributed by atoms with van der Waals surface area (Å²) in [6.07, 6.45) is 6.31. The summed E-state index contributed by atoms with van der Waals surface area (Å²) in [6, 6.07) is 10.4. The van der Waals surface area contributed by atoms with Gasteiger partial charge in [0.25, 0.3) is 0 Å². The zero-order valence-electron chi connectivity index (χ0n) is 10.1. The fourth-order valence-electron chi connectivity index (χ4n) is 2.16. The fourth-order valence-corrected chi connectivity index (χ4v) is 2.16. The Morgan fingerprint density at radius 1 is 1.24 bits per heavy atom. The van der Waals surface area contributed by atoms with Gasteiger partial charge in [0.2, 0.25) is 0 Å². The van der Waals surface area contributed by atoms with Crippen LogP contribution in [-0.2, 0) is 11.2 Å². The first-order valence-corrected chi connectivity index (χ1v) is 6.39. The minimum absolute atomic E-state index is 0.320. The number of rotatable bonds is 5. The number of aliphatic hydroxyl groups excluding tert-OH is 1. The van der Waals surface area contributed by atoms with Gasteiger partial charge in [-0.3, -0.25) is 0 Å². The summed E-state index contributed by atoms with van der Waals surface area (Å²) in [5.41, 5.74) is 2.40. The maximum absolute atomic E-state index is 10.0. The largest absolute Gasteiger partial charge is 0.501 e. The van der Waals surface area contributed by atoms with Gasteiger partial charge in [0, 0.05) is 0 Å². The van der Waals surface area contributed by atoms with E-state index in [1.165, 1.54) is 5.56 Å². The van der Waals surface area contributed by atoms with E-state index in [0.29, 0.717) is 0 Å². The fraction of sp³-hybridized carbons (Fsp3) is 0.467. The second kappa shape index (κ2) is 6.45. The Balaban J connectivity index is 1.73. The van der Waals surface area contributed by atoms with E-state index in [1.807, 2.05) is 6.07 Å². The lowest BCUT2D eigenvalue weighted by molar-refractivity contribution is 0.160. The molecule has 0 bridgehead atoms. The Bertz CT molecular complexity index is 356. The minimum Gasteiger partial charge on any atom is -0.501 e. The smallest absolute Gasteiger partial charge is 0.0876 e. The second-order valence-corrected chi connectivity index (χ2v) is 4.56. The molecule has 0 saturated heterocycles. The quantitative estimate of drug-likeness (QED) is 0.845. The molecule has 1 aromatic rings. The first-order chi connectivity index (χ1) is 8.36. The van der Waals surface area contributed by atoms with Crippen LogP contribution >= 0.6 is 0 Å². The summed E-state index contributed by atoms with van der Waals surface area (Å²) in [5.74, 6) is 0. The standard InChI is InChI=1S/C15H20O2/c16-15(14-9-5-11-17-12-14)10-4-8-13-6-2-1-3-7-13/h1-3,6-7,12,15-16H,4-5,8-11H2. The molecule has 0 aromatic heterocycles. The molecule has 92 valence electrons. The van der Waals surface area contributed by atoms with Gasteiger partial charge in [-0.25, -0.2) is 0 Å². The SMILES string of the molecule is OC(CCCc1ccccc1)C1=COCCC1. The second-order valence-electron chi connectivity index (χ2n) is 4.56. The maximum atomic E-state index is 10.0. The Kier molecular flexibility index (Phi) is 4.63. The van der Waals surface area contributed by atoms with Crippen LogP contribution in [0.15, 0.2) is 42.2 Å². The Hall–Kier alpha value is -1.28. The Morgan fingerprint density at radius 3 is 2.76 bits per heavy atom. The van der Waals surface area contributed by atoms with Crippen LogP contribution in [0.4, 0.5) is 0 Å². The molecule has 0 amide bonds. The molecule has 0 spiro atoms. The van der Waals surface area contributed by atoms with E-state index in [4.69, 9.17) is 4.74 Å². The van der Waals surface area contributed by atoms with Crippen molar-refractivity contribution in [3.05, 3.63) is 47.7 Å². The zero-order valence-corrected chi connectivity index (χ0v) is 10.1. The van der Waals surface area contributed by atoms with Gasteiger partial charge in [0.15, 0.2) is 0 Å². The summed E-state index contributed by atoms with van der Waals surface area (Å²) in [7, 11) is 0. The van der Waals surface area contributed by atoms with E-state index in [-0.39, 0.29) is 6.10 Å². The third-order valence-corrected chi connectivity index (χ3v) is 3.18.